The molecule has 3 heterocycles. The number of halogens is 1. The van der Waals surface area contributed by atoms with Gasteiger partial charge in [0, 0.05) is 31.7 Å². The van der Waals surface area contributed by atoms with Crippen LogP contribution in [0, 0.1) is 5.82 Å². The molecule has 0 aliphatic carbocycles. The van der Waals surface area contributed by atoms with Crippen LogP contribution in [0.25, 0.3) is 0 Å². The molecule has 2 aromatic carbocycles. The molecule has 0 unspecified atom stereocenters. The van der Waals surface area contributed by atoms with E-state index >= 15 is 0 Å². The first-order chi connectivity index (χ1) is 15.2. The lowest BCUT2D eigenvalue weighted by Crippen LogP contribution is -2.48. The Balaban J connectivity index is 1.48. The molecule has 0 N–H and O–H groups in total. The lowest BCUT2D eigenvalue weighted by Gasteiger charge is -2.38. The topological polar surface area (TPSA) is 68.5 Å². The minimum absolute atomic E-state index is 0.230. The zero-order valence-corrected chi connectivity index (χ0v) is 17.4. The molecule has 0 amide bonds. The largest absolute Gasteiger partial charge is 0.454 e. The van der Waals surface area contributed by atoms with Crippen LogP contribution in [-0.4, -0.2) is 69.5 Å². The Morgan fingerprint density at radius 1 is 1.03 bits per heavy atom. The van der Waals surface area contributed by atoms with Crippen LogP contribution in [0.3, 0.4) is 0 Å². The Morgan fingerprint density at radius 2 is 1.84 bits per heavy atom. The fourth-order valence-electron chi connectivity index (χ4n) is 4.27. The van der Waals surface area contributed by atoms with Gasteiger partial charge in [0.1, 0.15) is 11.9 Å². The fraction of sp³-hybridized carbons (Fsp3) is 0.409. The Hall–Kier alpha value is -3.04. The number of fused-ring (bicyclic) bond motifs is 1. The number of rotatable bonds is 6. The number of hydrogen-bond donors (Lipinski definition) is 0. The van der Waals surface area contributed by atoms with E-state index in [4.69, 9.17) is 9.47 Å². The molecular formula is C22H25FN6O2. The Morgan fingerprint density at radius 3 is 2.65 bits per heavy atom. The molecule has 2 aliphatic heterocycles. The smallest absolute Gasteiger partial charge is 0.231 e. The van der Waals surface area contributed by atoms with E-state index in [1.807, 2.05) is 30.3 Å². The molecule has 1 atom stereocenters. The van der Waals surface area contributed by atoms with E-state index in [-0.39, 0.29) is 18.7 Å². The number of tetrazole rings is 1. The van der Waals surface area contributed by atoms with Crippen LogP contribution in [0.2, 0.25) is 0 Å². The Kier molecular flexibility index (Phi) is 5.52. The Bertz CT molecular complexity index is 1050. The first-order valence-corrected chi connectivity index (χ1v) is 10.6. The molecule has 31 heavy (non-hydrogen) atoms. The average Bonchev–Trinajstić information content (AvgIpc) is 3.45. The zero-order valence-electron chi connectivity index (χ0n) is 17.4. The Labute approximate surface area is 180 Å². The molecule has 0 spiro atoms. The van der Waals surface area contributed by atoms with Gasteiger partial charge < -0.3 is 14.4 Å². The molecule has 0 saturated carbocycles. The number of piperazine rings is 1. The second kappa shape index (κ2) is 8.60. The number of hydrogen-bond acceptors (Lipinski definition) is 7. The molecule has 5 rings (SSSR count). The van der Waals surface area contributed by atoms with Crippen molar-refractivity contribution in [3.8, 4) is 11.5 Å². The summed E-state index contributed by atoms with van der Waals surface area (Å²) in [5, 5.41) is 12.5. The van der Waals surface area contributed by atoms with Crippen LogP contribution in [0.1, 0.15) is 29.9 Å². The summed E-state index contributed by atoms with van der Waals surface area (Å²) >= 11 is 0. The monoisotopic (exact) mass is 424 g/mol. The van der Waals surface area contributed by atoms with E-state index in [2.05, 4.69) is 32.2 Å². The van der Waals surface area contributed by atoms with Crippen molar-refractivity contribution in [3.63, 3.8) is 0 Å². The molecule has 9 heteroatoms. The molecule has 1 aromatic heterocycles. The first-order valence-electron chi connectivity index (χ1n) is 10.6. The molecule has 1 fully saturated rings. The highest BCUT2D eigenvalue weighted by atomic mass is 19.1. The molecule has 3 aromatic rings. The quantitative estimate of drug-likeness (QED) is 0.602. The van der Waals surface area contributed by atoms with Gasteiger partial charge in [0.05, 0.1) is 6.54 Å². The number of nitrogens with zero attached hydrogens (tertiary/aromatic N) is 6. The summed E-state index contributed by atoms with van der Waals surface area (Å²) in [4.78, 5) is 4.66. The summed E-state index contributed by atoms with van der Waals surface area (Å²) < 4.78 is 27.5. The summed E-state index contributed by atoms with van der Waals surface area (Å²) in [6.07, 6.45) is 0. The lowest BCUT2D eigenvalue weighted by atomic mass is 10.0. The van der Waals surface area contributed by atoms with Gasteiger partial charge in [-0.05, 0) is 40.7 Å². The van der Waals surface area contributed by atoms with E-state index < -0.39 is 0 Å². The second-order valence-corrected chi connectivity index (χ2v) is 7.78. The number of aromatic nitrogens is 4. The van der Waals surface area contributed by atoms with Gasteiger partial charge >= 0.3 is 0 Å². The summed E-state index contributed by atoms with van der Waals surface area (Å²) in [6, 6.07) is 12.3. The van der Waals surface area contributed by atoms with Crippen LogP contribution in [-0.2, 0) is 6.54 Å². The molecular weight excluding hydrogens is 399 g/mol. The molecule has 1 saturated heterocycles. The van der Waals surface area contributed by atoms with Crippen LogP contribution in [0.5, 0.6) is 11.5 Å². The van der Waals surface area contributed by atoms with Crippen molar-refractivity contribution in [2.24, 2.45) is 0 Å². The minimum Gasteiger partial charge on any atom is -0.454 e. The highest BCUT2D eigenvalue weighted by molar-refractivity contribution is 5.44. The van der Waals surface area contributed by atoms with Gasteiger partial charge in [0.25, 0.3) is 0 Å². The number of ether oxygens (including phenoxy) is 2. The normalized spacial score (nSPS) is 17.7. The van der Waals surface area contributed by atoms with E-state index in [1.54, 1.807) is 10.7 Å². The molecule has 162 valence electrons. The minimum atomic E-state index is -0.357. The van der Waals surface area contributed by atoms with Gasteiger partial charge in [-0.15, -0.1) is 5.10 Å². The van der Waals surface area contributed by atoms with Crippen molar-refractivity contribution in [3.05, 3.63) is 65.2 Å². The van der Waals surface area contributed by atoms with Gasteiger partial charge in [0.2, 0.25) is 6.79 Å². The number of likely N-dealkylation sites (N-methyl/N-ethyl adjacent to an activating group) is 1. The standard InChI is InChI=1S/C22H25FN6O2/c1-2-27-9-11-28(12-10-27)21(17-5-3-4-6-18(17)23)22-24-25-26-29(22)14-16-7-8-19-20(13-16)31-15-30-19/h3-8,13,21H,2,9-12,14-15H2,1H3/t21-/m1/s1. The highest BCUT2D eigenvalue weighted by Crippen LogP contribution is 2.34. The first kappa shape index (κ1) is 19.9. The highest BCUT2D eigenvalue weighted by Gasteiger charge is 2.32. The molecule has 0 radical (unpaired) electrons. The van der Waals surface area contributed by atoms with E-state index in [0.717, 1.165) is 44.0 Å². The predicted molar refractivity (Wildman–Crippen MR) is 111 cm³/mol. The van der Waals surface area contributed by atoms with Gasteiger partial charge in [-0.1, -0.05) is 31.2 Å². The summed E-state index contributed by atoms with van der Waals surface area (Å²) in [5.74, 6) is 1.84. The maximum absolute atomic E-state index is 14.9. The lowest BCUT2D eigenvalue weighted by molar-refractivity contribution is 0.107. The average molecular weight is 424 g/mol. The van der Waals surface area contributed by atoms with Crippen molar-refractivity contribution in [1.82, 2.24) is 30.0 Å². The zero-order chi connectivity index (χ0) is 21.2. The third kappa shape index (κ3) is 3.98. The van der Waals surface area contributed by atoms with Crippen LogP contribution in [0.4, 0.5) is 4.39 Å². The fourth-order valence-corrected chi connectivity index (χ4v) is 4.27. The maximum Gasteiger partial charge on any atom is 0.231 e. The van der Waals surface area contributed by atoms with Gasteiger partial charge in [-0.3, -0.25) is 4.90 Å². The van der Waals surface area contributed by atoms with Crippen molar-refractivity contribution in [2.45, 2.75) is 19.5 Å². The summed E-state index contributed by atoms with van der Waals surface area (Å²) in [7, 11) is 0. The van der Waals surface area contributed by atoms with Crippen molar-refractivity contribution in [2.75, 3.05) is 39.5 Å². The SMILES string of the molecule is CCN1CCN([C@H](c2ccccc2F)c2nnnn2Cc2ccc3c(c2)OCO3)CC1. The summed E-state index contributed by atoms with van der Waals surface area (Å²) in [6.45, 7) is 7.38. The third-order valence-corrected chi connectivity index (χ3v) is 5.99. The molecule has 2 aliphatic rings. The van der Waals surface area contributed by atoms with E-state index in [9.17, 15) is 4.39 Å². The predicted octanol–water partition coefficient (Wildman–Crippen LogP) is 2.32. The van der Waals surface area contributed by atoms with Crippen LogP contribution >= 0.6 is 0 Å². The van der Waals surface area contributed by atoms with Crippen LogP contribution in [0.15, 0.2) is 42.5 Å². The van der Waals surface area contributed by atoms with Crippen molar-refractivity contribution < 1.29 is 13.9 Å². The molecule has 8 nitrogen and oxygen atoms in total. The van der Waals surface area contributed by atoms with Crippen molar-refractivity contribution in [1.29, 1.82) is 0 Å². The van der Waals surface area contributed by atoms with Gasteiger partial charge in [0.15, 0.2) is 17.3 Å². The summed E-state index contributed by atoms with van der Waals surface area (Å²) in [5.41, 5.74) is 1.58. The second-order valence-electron chi connectivity index (χ2n) is 7.78. The maximum atomic E-state index is 14.9. The van der Waals surface area contributed by atoms with E-state index in [0.29, 0.717) is 23.7 Å². The van der Waals surface area contributed by atoms with Crippen molar-refractivity contribution >= 4 is 0 Å². The number of benzene rings is 2. The molecule has 0 bridgehead atoms. The van der Waals surface area contributed by atoms with Gasteiger partial charge in [-0.25, -0.2) is 9.07 Å². The third-order valence-electron chi connectivity index (χ3n) is 5.99. The van der Waals surface area contributed by atoms with Crippen LogP contribution < -0.4 is 9.47 Å². The van der Waals surface area contributed by atoms with E-state index in [1.165, 1.54) is 6.07 Å². The van der Waals surface area contributed by atoms with Gasteiger partial charge in [-0.2, -0.15) is 0 Å².